The second-order valence-electron chi connectivity index (χ2n) is 0. The molecule has 24 valence electrons. The Balaban J connectivity index is -0.00000000500. The molecule has 0 radical (unpaired) electrons. The third kappa shape index (κ3) is 9.81. The first-order chi connectivity index (χ1) is 1.00. The molecule has 0 rings (SSSR count). The summed E-state index contributed by atoms with van der Waals surface area (Å²) in [6.07, 6.45) is 0. The van der Waals surface area contributed by atoms with Crippen LogP contribution in [0.1, 0.15) is 0 Å². The van der Waals surface area contributed by atoms with Crippen LogP contribution in [0.2, 0.25) is 6.55 Å². The van der Waals surface area contributed by atoms with Crippen LogP contribution in [0, 0.1) is 0 Å². The predicted molar refractivity (Wildman–Crippen MR) is 25.7 cm³/mol. The zero-order chi connectivity index (χ0) is 2.00. The molecule has 0 unspecified atom stereocenters. The van der Waals surface area contributed by atoms with Gasteiger partial charge in [0.15, 0.2) is 17.4 Å². The van der Waals surface area contributed by atoms with Crippen LogP contribution >= 0.6 is 0 Å². The Morgan fingerprint density at radius 3 is 1.25 bits per heavy atom. The average Bonchev–Trinajstić information content (AvgIpc) is 1.00. The van der Waals surface area contributed by atoms with E-state index in [2.05, 4.69) is 6.55 Å². The van der Waals surface area contributed by atoms with E-state index in [0.717, 1.165) is 0 Å². The van der Waals surface area contributed by atoms with Crippen LogP contribution in [0.25, 0.3) is 0 Å². The van der Waals surface area contributed by atoms with Crippen molar-refractivity contribution < 1.29 is 21.7 Å². The van der Waals surface area contributed by atoms with Crippen molar-refractivity contribution >= 4 is 27.6 Å². The summed E-state index contributed by atoms with van der Waals surface area (Å²) >= 11 is 0. The summed E-state index contributed by atoms with van der Waals surface area (Å²) in [4.78, 5) is 0. The molecule has 0 atom stereocenters. The Bertz CT molecular complexity index is 8.00. The first-order valence-corrected chi connectivity index (χ1v) is 3.00. The van der Waals surface area contributed by atoms with E-state index in [1.54, 1.807) is 0 Å². The molecule has 0 spiro atoms. The van der Waals surface area contributed by atoms with E-state index < -0.39 is 0 Å². The van der Waals surface area contributed by atoms with Crippen LogP contribution in [0.5, 0.6) is 0 Å². The maximum atomic E-state index is 2.14. The summed E-state index contributed by atoms with van der Waals surface area (Å²) in [5.74, 6) is 0. The Hall–Kier alpha value is 1.46. The normalized spacial score (nSPS) is 2.25. The summed E-state index contributed by atoms with van der Waals surface area (Å²) in [6.45, 7) is 2.14. The number of rotatable bonds is 0. The molecule has 0 saturated heterocycles. The molecule has 0 saturated carbocycles. The van der Waals surface area contributed by atoms with Crippen molar-refractivity contribution in [3.63, 3.8) is 0 Å². The van der Waals surface area contributed by atoms with Crippen molar-refractivity contribution in [3.8, 4) is 0 Å². The van der Waals surface area contributed by atoms with Crippen LogP contribution in [-0.4, -0.2) is 27.6 Å². The summed E-state index contributed by atoms with van der Waals surface area (Å²) in [6, 6.07) is 0. The van der Waals surface area contributed by atoms with Gasteiger partial charge in [0.25, 0.3) is 0 Å². The first kappa shape index (κ1) is 17.9. The van der Waals surface area contributed by atoms with Crippen molar-refractivity contribution in [2.75, 3.05) is 0 Å². The molecule has 0 aromatic carbocycles. The van der Waals surface area contributed by atoms with Gasteiger partial charge in [-0.2, -0.15) is 0 Å². The van der Waals surface area contributed by atoms with Gasteiger partial charge in [0.2, 0.25) is 0 Å². The molecular formula is CH9AlSiTi. The maximum Gasteiger partial charge on any atom is 0.187 e. The van der Waals surface area contributed by atoms with E-state index in [9.17, 15) is 0 Å². The minimum absolute atomic E-state index is 0. The summed E-state index contributed by atoms with van der Waals surface area (Å²) in [7, 11) is 1.31. The van der Waals surface area contributed by atoms with Gasteiger partial charge < -0.3 is 0 Å². The minimum Gasteiger partial charge on any atom is -0.0777 e. The van der Waals surface area contributed by atoms with Gasteiger partial charge in [0.05, 0.1) is 0 Å². The Labute approximate surface area is 55.8 Å². The Morgan fingerprint density at radius 1 is 1.25 bits per heavy atom. The van der Waals surface area contributed by atoms with Crippen molar-refractivity contribution in [3.05, 3.63) is 0 Å². The molecule has 4 heavy (non-hydrogen) atoms. The van der Waals surface area contributed by atoms with E-state index in [0.29, 0.717) is 0 Å². The average molecular weight is 124 g/mol. The third-order valence-corrected chi connectivity index (χ3v) is 0. The van der Waals surface area contributed by atoms with E-state index in [1.807, 2.05) is 0 Å². The predicted octanol–water partition coefficient (Wildman–Crippen LogP) is -1.79. The topological polar surface area (TPSA) is 0 Å². The number of hydrogen-bond donors (Lipinski definition) is 0. The van der Waals surface area contributed by atoms with Crippen molar-refractivity contribution in [2.24, 2.45) is 0 Å². The molecule has 3 heteroatoms. The molecular weight excluding hydrogens is 115 g/mol. The van der Waals surface area contributed by atoms with Gasteiger partial charge in [-0.1, -0.05) is 6.55 Å². The quantitative estimate of drug-likeness (QED) is 0.335. The molecule has 0 fully saturated rings. The summed E-state index contributed by atoms with van der Waals surface area (Å²) in [5, 5.41) is 0. The molecule has 0 nitrogen and oxygen atoms in total. The van der Waals surface area contributed by atoms with Crippen molar-refractivity contribution in [1.82, 2.24) is 0 Å². The van der Waals surface area contributed by atoms with Crippen molar-refractivity contribution in [2.45, 2.75) is 6.55 Å². The monoisotopic (exact) mass is 124 g/mol. The van der Waals surface area contributed by atoms with Crippen LogP contribution in [0.15, 0.2) is 0 Å². The van der Waals surface area contributed by atoms with Gasteiger partial charge in [-0.15, -0.1) is 0 Å². The molecule has 0 aliphatic rings. The molecule has 0 aliphatic heterocycles. The van der Waals surface area contributed by atoms with E-state index in [1.165, 1.54) is 10.2 Å². The van der Waals surface area contributed by atoms with Crippen LogP contribution in [0.4, 0.5) is 0 Å². The third-order valence-electron chi connectivity index (χ3n) is 0. The van der Waals surface area contributed by atoms with E-state index in [-0.39, 0.29) is 39.1 Å². The fraction of sp³-hybridized carbons (Fsp3) is 1.00. The van der Waals surface area contributed by atoms with E-state index in [4.69, 9.17) is 0 Å². The fourth-order valence-electron chi connectivity index (χ4n) is 0. The molecule has 0 heterocycles. The van der Waals surface area contributed by atoms with Gasteiger partial charge in [0.1, 0.15) is 0 Å². The minimum atomic E-state index is 0. The maximum absolute atomic E-state index is 2.14. The molecule has 0 amide bonds. The second kappa shape index (κ2) is 25.0. The van der Waals surface area contributed by atoms with Gasteiger partial charge in [-0.25, -0.2) is 0 Å². The first-order valence-electron chi connectivity index (χ1n) is 1.00. The van der Waals surface area contributed by atoms with Gasteiger partial charge in [-0.3, -0.25) is 0 Å². The molecule has 0 aliphatic carbocycles. The fourth-order valence-corrected chi connectivity index (χ4v) is 0. The summed E-state index contributed by atoms with van der Waals surface area (Å²) < 4.78 is 0. The van der Waals surface area contributed by atoms with Crippen LogP contribution in [0.3, 0.4) is 0 Å². The molecule has 0 bridgehead atoms. The smallest absolute Gasteiger partial charge is 0.0777 e. The van der Waals surface area contributed by atoms with Crippen molar-refractivity contribution in [1.29, 1.82) is 0 Å². The Morgan fingerprint density at radius 2 is 1.25 bits per heavy atom. The Kier molecular flexibility index (Phi) is 112. The zero-order valence-corrected chi connectivity index (χ0v) is 6.06. The zero-order valence-electron chi connectivity index (χ0n) is 2.50. The van der Waals surface area contributed by atoms with Crippen LogP contribution < -0.4 is 0 Å². The summed E-state index contributed by atoms with van der Waals surface area (Å²) in [5.41, 5.74) is 0. The molecule has 0 aromatic rings. The van der Waals surface area contributed by atoms with Gasteiger partial charge in [-0.05, 0) is 10.2 Å². The van der Waals surface area contributed by atoms with E-state index >= 15 is 0 Å². The largest absolute Gasteiger partial charge is 0.187 e. The van der Waals surface area contributed by atoms with Gasteiger partial charge in [0, 0.05) is 21.7 Å². The SMILES string of the molecule is C[SiH3].[AlH3].[Ti]. The second-order valence-corrected chi connectivity index (χ2v) is 0. The number of hydrogen-bond acceptors (Lipinski definition) is 0. The van der Waals surface area contributed by atoms with Crippen LogP contribution in [-0.2, 0) is 21.7 Å². The molecule has 0 N–H and O–H groups in total. The van der Waals surface area contributed by atoms with Gasteiger partial charge >= 0.3 is 0 Å². The molecule has 0 aromatic heterocycles. The standard InChI is InChI=1S/CH6Si.Al.Ti.3H/c1-2;;;;;/h1-2H3;;;;;.